The van der Waals surface area contributed by atoms with Crippen LogP contribution < -0.4 is 0 Å². The molecule has 1 radical (unpaired) electrons. The summed E-state index contributed by atoms with van der Waals surface area (Å²) >= 11 is 0. The molecular weight excluding hydrogens is 74.1 g/mol. The van der Waals surface area contributed by atoms with Gasteiger partial charge >= 0.3 is 0 Å². The van der Waals surface area contributed by atoms with Gasteiger partial charge in [-0.25, -0.2) is 0 Å². The Hall–Kier alpha value is -0.770. The quantitative estimate of drug-likeness (QED) is 0.458. The van der Waals surface area contributed by atoms with E-state index in [4.69, 9.17) is 5.26 Å². The molecule has 0 amide bonds. The van der Waals surface area contributed by atoms with Crippen LogP contribution in [0.5, 0.6) is 0 Å². The standard InChI is InChI=1S/C5H6N/c1-2-3-4-5-6/h2-3H,1,4H2. The van der Waals surface area contributed by atoms with Crippen molar-refractivity contribution in [2.45, 2.75) is 6.42 Å². The summed E-state index contributed by atoms with van der Waals surface area (Å²) in [5.41, 5.74) is 0. The van der Waals surface area contributed by atoms with Gasteiger partial charge in [-0.3, -0.25) is 0 Å². The maximum atomic E-state index is 7.87. The number of allylic oxidation sites excluding steroid dienone is 1. The fraction of sp³-hybridized carbons (Fsp3) is 0.200. The lowest BCUT2D eigenvalue weighted by Gasteiger charge is -1.70. The van der Waals surface area contributed by atoms with Crippen LogP contribution in [0.4, 0.5) is 0 Å². The van der Waals surface area contributed by atoms with E-state index in [1.807, 2.05) is 6.07 Å². The minimum absolute atomic E-state index is 0.476. The molecule has 0 aromatic rings. The van der Waals surface area contributed by atoms with Crippen molar-refractivity contribution in [3.8, 4) is 6.07 Å². The van der Waals surface area contributed by atoms with Crippen molar-refractivity contribution >= 4 is 0 Å². The maximum absolute atomic E-state index is 7.87. The Labute approximate surface area is 37.9 Å². The summed E-state index contributed by atoms with van der Waals surface area (Å²) in [6.07, 6.45) is 3.80. The summed E-state index contributed by atoms with van der Waals surface area (Å²) in [5.74, 6) is 0. The molecule has 0 rings (SSSR count). The fourth-order valence-electron chi connectivity index (χ4n) is 0.136. The first-order chi connectivity index (χ1) is 2.91. The van der Waals surface area contributed by atoms with Gasteiger partial charge in [0.1, 0.15) is 0 Å². The highest BCUT2D eigenvalue weighted by atomic mass is 14.2. The van der Waals surface area contributed by atoms with Gasteiger partial charge in [0.15, 0.2) is 0 Å². The zero-order chi connectivity index (χ0) is 4.83. The van der Waals surface area contributed by atoms with Gasteiger partial charge in [-0.1, -0.05) is 6.08 Å². The second-order valence-electron chi connectivity index (χ2n) is 0.834. The van der Waals surface area contributed by atoms with Gasteiger partial charge in [0, 0.05) is 6.42 Å². The molecular formula is C5H6N. The molecule has 1 heteroatoms. The maximum Gasteiger partial charge on any atom is 0.0628 e. The van der Waals surface area contributed by atoms with Gasteiger partial charge in [0.2, 0.25) is 0 Å². The van der Waals surface area contributed by atoms with Gasteiger partial charge in [-0.15, -0.1) is 6.58 Å². The zero-order valence-electron chi connectivity index (χ0n) is 3.52. The van der Waals surface area contributed by atoms with Gasteiger partial charge in [-0.05, 0) is 6.42 Å². The SMILES string of the molecule is C=C[CH]CC#N. The molecule has 0 atom stereocenters. The molecule has 31 valence electrons. The number of hydrogen-bond acceptors (Lipinski definition) is 1. The van der Waals surface area contributed by atoms with Gasteiger partial charge in [0.25, 0.3) is 0 Å². The monoisotopic (exact) mass is 80.1 g/mol. The van der Waals surface area contributed by atoms with Crippen LogP contribution in [0.25, 0.3) is 0 Å². The van der Waals surface area contributed by atoms with Crippen LogP contribution in [0.2, 0.25) is 0 Å². The molecule has 1 nitrogen and oxygen atoms in total. The first-order valence-corrected chi connectivity index (χ1v) is 1.73. The summed E-state index contributed by atoms with van der Waals surface area (Å²) < 4.78 is 0. The van der Waals surface area contributed by atoms with Gasteiger partial charge < -0.3 is 0 Å². The van der Waals surface area contributed by atoms with Crippen molar-refractivity contribution in [1.29, 1.82) is 5.26 Å². The van der Waals surface area contributed by atoms with E-state index < -0.39 is 0 Å². The highest BCUT2D eigenvalue weighted by Crippen LogP contribution is 1.80. The Bertz CT molecular complexity index is 68.5. The summed E-state index contributed by atoms with van der Waals surface area (Å²) in [7, 11) is 0. The molecule has 0 aromatic carbocycles. The van der Waals surface area contributed by atoms with Crippen LogP contribution in [0.3, 0.4) is 0 Å². The predicted octanol–water partition coefficient (Wildman–Crippen LogP) is 1.29. The van der Waals surface area contributed by atoms with E-state index >= 15 is 0 Å². The first-order valence-electron chi connectivity index (χ1n) is 1.73. The van der Waals surface area contributed by atoms with Crippen LogP contribution in [-0.2, 0) is 0 Å². The average molecular weight is 80.1 g/mol. The molecule has 6 heavy (non-hydrogen) atoms. The minimum atomic E-state index is 0.476. The molecule has 0 fully saturated rings. The van der Waals surface area contributed by atoms with E-state index in [1.165, 1.54) is 0 Å². The molecule has 0 spiro atoms. The van der Waals surface area contributed by atoms with Crippen molar-refractivity contribution in [2.75, 3.05) is 0 Å². The van der Waals surface area contributed by atoms with Gasteiger partial charge in [-0.2, -0.15) is 5.26 Å². The van der Waals surface area contributed by atoms with E-state index in [1.54, 1.807) is 12.5 Å². The highest BCUT2D eigenvalue weighted by molar-refractivity contribution is 4.93. The Kier molecular flexibility index (Phi) is 3.69. The van der Waals surface area contributed by atoms with Crippen molar-refractivity contribution < 1.29 is 0 Å². The molecule has 0 aliphatic rings. The molecule has 0 aromatic heterocycles. The molecule has 0 unspecified atom stereocenters. The molecule has 0 aliphatic heterocycles. The Morgan fingerprint density at radius 3 is 2.67 bits per heavy atom. The average Bonchev–Trinajstić information content (AvgIpc) is 1.61. The Morgan fingerprint density at radius 1 is 1.83 bits per heavy atom. The number of unbranched alkanes of at least 4 members (excludes halogenated alkanes) is 1. The largest absolute Gasteiger partial charge is 0.198 e. The van der Waals surface area contributed by atoms with E-state index in [2.05, 4.69) is 6.58 Å². The third-order valence-electron chi connectivity index (χ3n) is 0.376. The van der Waals surface area contributed by atoms with E-state index in [0.717, 1.165) is 0 Å². The van der Waals surface area contributed by atoms with E-state index in [-0.39, 0.29) is 0 Å². The third-order valence-corrected chi connectivity index (χ3v) is 0.376. The zero-order valence-corrected chi connectivity index (χ0v) is 3.52. The molecule has 0 aliphatic carbocycles. The summed E-state index contributed by atoms with van der Waals surface area (Å²) in [5, 5.41) is 7.87. The van der Waals surface area contributed by atoms with Crippen molar-refractivity contribution in [1.82, 2.24) is 0 Å². The van der Waals surface area contributed by atoms with Gasteiger partial charge in [0.05, 0.1) is 6.07 Å². The number of nitrogens with zero attached hydrogens (tertiary/aromatic N) is 1. The van der Waals surface area contributed by atoms with Crippen LogP contribution in [0.15, 0.2) is 12.7 Å². The summed E-state index contributed by atoms with van der Waals surface area (Å²) in [6.45, 7) is 3.39. The smallest absolute Gasteiger partial charge is 0.0628 e. The number of rotatable bonds is 2. The van der Waals surface area contributed by atoms with Crippen LogP contribution in [0.1, 0.15) is 6.42 Å². The van der Waals surface area contributed by atoms with Crippen LogP contribution in [0, 0.1) is 17.8 Å². The lowest BCUT2D eigenvalue weighted by molar-refractivity contribution is 1.28. The fourth-order valence-corrected chi connectivity index (χ4v) is 0.136. The van der Waals surface area contributed by atoms with Crippen molar-refractivity contribution in [3.63, 3.8) is 0 Å². The molecule has 0 saturated heterocycles. The highest BCUT2D eigenvalue weighted by Gasteiger charge is 1.70. The first kappa shape index (κ1) is 5.23. The molecule has 0 bridgehead atoms. The van der Waals surface area contributed by atoms with Crippen molar-refractivity contribution in [3.05, 3.63) is 19.1 Å². The lowest BCUT2D eigenvalue weighted by Crippen LogP contribution is -1.59. The normalized spacial score (nSPS) is 6.50. The third kappa shape index (κ3) is 3.23. The van der Waals surface area contributed by atoms with Crippen LogP contribution in [-0.4, -0.2) is 0 Å². The second-order valence-corrected chi connectivity index (χ2v) is 0.834. The lowest BCUT2D eigenvalue weighted by atomic mass is 10.3. The minimum Gasteiger partial charge on any atom is -0.198 e. The topological polar surface area (TPSA) is 23.8 Å². The Morgan fingerprint density at radius 2 is 2.50 bits per heavy atom. The predicted molar refractivity (Wildman–Crippen MR) is 24.7 cm³/mol. The summed E-state index contributed by atoms with van der Waals surface area (Å²) in [6, 6.07) is 1.94. The second kappa shape index (κ2) is 4.23. The number of hydrogen-bond donors (Lipinski definition) is 0. The van der Waals surface area contributed by atoms with E-state index in [9.17, 15) is 0 Å². The van der Waals surface area contributed by atoms with Crippen molar-refractivity contribution in [2.24, 2.45) is 0 Å². The summed E-state index contributed by atoms with van der Waals surface area (Å²) in [4.78, 5) is 0. The Balaban J connectivity index is 2.72. The van der Waals surface area contributed by atoms with E-state index in [0.29, 0.717) is 6.42 Å². The molecule has 0 N–H and O–H groups in total. The van der Waals surface area contributed by atoms with Crippen LogP contribution >= 0.6 is 0 Å². The number of nitriles is 1. The molecule has 0 heterocycles. The molecule has 0 saturated carbocycles.